The van der Waals surface area contributed by atoms with Gasteiger partial charge in [-0.05, 0) is 24.1 Å². The van der Waals surface area contributed by atoms with Gasteiger partial charge in [-0.3, -0.25) is 0 Å². The lowest BCUT2D eigenvalue weighted by atomic mass is 10.0. The molecule has 0 amide bonds. The summed E-state index contributed by atoms with van der Waals surface area (Å²) in [7, 11) is 0. The van der Waals surface area contributed by atoms with Crippen LogP contribution in [0.1, 0.15) is 16.7 Å². The molecule has 0 unspecified atom stereocenters. The van der Waals surface area contributed by atoms with Gasteiger partial charge in [0, 0.05) is 11.8 Å². The number of ether oxygens (including phenoxy) is 1. The third kappa shape index (κ3) is 3.61. The van der Waals surface area contributed by atoms with Gasteiger partial charge in [0.1, 0.15) is 5.75 Å². The second-order valence-corrected chi connectivity index (χ2v) is 5.10. The fourth-order valence-electron chi connectivity index (χ4n) is 1.95. The molecular weight excluding hydrogens is 288 g/mol. The van der Waals surface area contributed by atoms with E-state index >= 15 is 0 Å². The van der Waals surface area contributed by atoms with Crippen LogP contribution < -0.4 is 4.74 Å². The van der Waals surface area contributed by atoms with Crippen LogP contribution in [0.25, 0.3) is 0 Å². The van der Waals surface area contributed by atoms with Crippen molar-refractivity contribution < 1.29 is 4.74 Å². The molecule has 2 rings (SSSR count). The highest BCUT2D eigenvalue weighted by atomic mass is 79.9. The zero-order chi connectivity index (χ0) is 12.8. The molecule has 0 bridgehead atoms. The van der Waals surface area contributed by atoms with E-state index in [1.165, 1.54) is 16.7 Å². The number of hydrogen-bond acceptors (Lipinski definition) is 1. The van der Waals surface area contributed by atoms with E-state index in [1.807, 2.05) is 6.07 Å². The van der Waals surface area contributed by atoms with Crippen molar-refractivity contribution in [1.29, 1.82) is 0 Å². The fraction of sp³-hybridized carbons (Fsp3) is 0.250. The monoisotopic (exact) mass is 304 g/mol. The molecule has 0 aromatic heterocycles. The van der Waals surface area contributed by atoms with Crippen LogP contribution in [0.5, 0.6) is 5.75 Å². The number of rotatable bonds is 5. The van der Waals surface area contributed by atoms with Crippen molar-refractivity contribution in [3.05, 3.63) is 65.2 Å². The Morgan fingerprint density at radius 2 is 1.83 bits per heavy atom. The van der Waals surface area contributed by atoms with Gasteiger partial charge in [0.2, 0.25) is 0 Å². The summed E-state index contributed by atoms with van der Waals surface area (Å²) in [5.74, 6) is 0.990. The van der Waals surface area contributed by atoms with Gasteiger partial charge in [0.05, 0.1) is 6.61 Å². The van der Waals surface area contributed by atoms with Crippen LogP contribution in [0, 0.1) is 6.92 Å². The minimum atomic E-state index is 0.699. The van der Waals surface area contributed by atoms with E-state index in [0.29, 0.717) is 6.61 Å². The standard InChI is InChI=1S/C16H17BrO/c1-13-7-8-16(18-10-9-17)15(11-13)12-14-5-3-2-4-6-14/h2-8,11H,9-10,12H2,1H3. The van der Waals surface area contributed by atoms with Crippen LogP contribution in [0.15, 0.2) is 48.5 Å². The van der Waals surface area contributed by atoms with Gasteiger partial charge in [-0.2, -0.15) is 0 Å². The molecule has 94 valence electrons. The predicted molar refractivity (Wildman–Crippen MR) is 79.7 cm³/mol. The van der Waals surface area contributed by atoms with E-state index in [2.05, 4.69) is 65.3 Å². The van der Waals surface area contributed by atoms with Gasteiger partial charge < -0.3 is 4.74 Å². The first-order valence-electron chi connectivity index (χ1n) is 6.12. The molecule has 18 heavy (non-hydrogen) atoms. The Morgan fingerprint density at radius 3 is 2.56 bits per heavy atom. The molecule has 2 aromatic rings. The summed E-state index contributed by atoms with van der Waals surface area (Å²) >= 11 is 3.39. The summed E-state index contributed by atoms with van der Waals surface area (Å²) in [5.41, 5.74) is 3.83. The Balaban J connectivity index is 2.22. The summed E-state index contributed by atoms with van der Waals surface area (Å²) in [6, 6.07) is 16.9. The lowest BCUT2D eigenvalue weighted by molar-refractivity contribution is 0.342. The maximum atomic E-state index is 5.77. The first-order chi connectivity index (χ1) is 8.79. The smallest absolute Gasteiger partial charge is 0.122 e. The first-order valence-corrected chi connectivity index (χ1v) is 7.24. The molecule has 1 nitrogen and oxygen atoms in total. The normalized spacial score (nSPS) is 10.3. The minimum Gasteiger partial charge on any atom is -0.492 e. The van der Waals surface area contributed by atoms with Crippen LogP contribution in [-0.4, -0.2) is 11.9 Å². The van der Waals surface area contributed by atoms with Gasteiger partial charge in [-0.15, -0.1) is 0 Å². The topological polar surface area (TPSA) is 9.23 Å². The number of halogens is 1. The summed E-state index contributed by atoms with van der Waals surface area (Å²) in [6.45, 7) is 2.81. The highest BCUT2D eigenvalue weighted by Gasteiger charge is 2.05. The summed E-state index contributed by atoms with van der Waals surface area (Å²) in [4.78, 5) is 0. The van der Waals surface area contributed by atoms with Crippen LogP contribution in [0.3, 0.4) is 0 Å². The maximum Gasteiger partial charge on any atom is 0.122 e. The second kappa shape index (κ2) is 6.60. The Bertz CT molecular complexity index is 494. The van der Waals surface area contributed by atoms with E-state index in [1.54, 1.807) is 0 Å². The number of aryl methyl sites for hydroxylation is 1. The van der Waals surface area contributed by atoms with Crippen molar-refractivity contribution in [3.63, 3.8) is 0 Å². The van der Waals surface area contributed by atoms with E-state index < -0.39 is 0 Å². The van der Waals surface area contributed by atoms with Crippen LogP contribution in [0.2, 0.25) is 0 Å². The zero-order valence-electron chi connectivity index (χ0n) is 10.5. The minimum absolute atomic E-state index is 0.699. The highest BCUT2D eigenvalue weighted by Crippen LogP contribution is 2.23. The SMILES string of the molecule is Cc1ccc(OCCBr)c(Cc2ccccc2)c1. The molecule has 0 N–H and O–H groups in total. The van der Waals surface area contributed by atoms with Gasteiger partial charge in [0.15, 0.2) is 0 Å². The van der Waals surface area contributed by atoms with Gasteiger partial charge >= 0.3 is 0 Å². The third-order valence-electron chi connectivity index (χ3n) is 2.79. The Morgan fingerprint density at radius 1 is 1.06 bits per heavy atom. The van der Waals surface area contributed by atoms with Crippen LogP contribution >= 0.6 is 15.9 Å². The van der Waals surface area contributed by atoms with Crippen LogP contribution in [-0.2, 0) is 6.42 Å². The maximum absolute atomic E-state index is 5.77. The van der Waals surface area contributed by atoms with E-state index in [4.69, 9.17) is 4.74 Å². The van der Waals surface area contributed by atoms with Gasteiger partial charge in [-0.25, -0.2) is 0 Å². The van der Waals surface area contributed by atoms with Crippen molar-refractivity contribution in [1.82, 2.24) is 0 Å². The molecule has 0 aliphatic rings. The van der Waals surface area contributed by atoms with Gasteiger partial charge in [0.25, 0.3) is 0 Å². The summed E-state index contributed by atoms with van der Waals surface area (Å²) in [6.07, 6.45) is 0.917. The number of benzene rings is 2. The lowest BCUT2D eigenvalue weighted by Crippen LogP contribution is -2.01. The molecule has 0 heterocycles. The molecule has 0 saturated carbocycles. The molecule has 0 radical (unpaired) electrons. The largest absolute Gasteiger partial charge is 0.492 e. The molecule has 2 aromatic carbocycles. The van der Waals surface area contributed by atoms with Crippen molar-refractivity contribution in [2.75, 3.05) is 11.9 Å². The quantitative estimate of drug-likeness (QED) is 0.746. The van der Waals surface area contributed by atoms with E-state index in [9.17, 15) is 0 Å². The summed E-state index contributed by atoms with van der Waals surface area (Å²) < 4.78 is 5.77. The average molecular weight is 305 g/mol. The van der Waals surface area contributed by atoms with Gasteiger partial charge in [-0.1, -0.05) is 64.0 Å². The Hall–Kier alpha value is -1.28. The summed E-state index contributed by atoms with van der Waals surface area (Å²) in [5, 5.41) is 0.853. The molecule has 0 aliphatic heterocycles. The molecule has 0 fully saturated rings. The Labute approximate surface area is 117 Å². The molecular formula is C16H17BrO. The second-order valence-electron chi connectivity index (χ2n) is 4.31. The lowest BCUT2D eigenvalue weighted by Gasteiger charge is -2.11. The molecule has 2 heteroatoms. The van der Waals surface area contributed by atoms with Crippen molar-refractivity contribution in [2.24, 2.45) is 0 Å². The number of alkyl halides is 1. The molecule has 0 aliphatic carbocycles. The molecule has 0 spiro atoms. The molecule has 0 saturated heterocycles. The Kier molecular flexibility index (Phi) is 4.82. The zero-order valence-corrected chi connectivity index (χ0v) is 12.1. The predicted octanol–water partition coefficient (Wildman–Crippen LogP) is 4.36. The fourth-order valence-corrected chi connectivity index (χ4v) is 2.11. The van der Waals surface area contributed by atoms with Crippen molar-refractivity contribution in [3.8, 4) is 5.75 Å². The average Bonchev–Trinajstić information content (AvgIpc) is 2.39. The van der Waals surface area contributed by atoms with Crippen molar-refractivity contribution >= 4 is 15.9 Å². The highest BCUT2D eigenvalue weighted by molar-refractivity contribution is 9.09. The van der Waals surface area contributed by atoms with Crippen LogP contribution in [0.4, 0.5) is 0 Å². The van der Waals surface area contributed by atoms with E-state index in [0.717, 1.165) is 17.5 Å². The van der Waals surface area contributed by atoms with Crippen molar-refractivity contribution in [2.45, 2.75) is 13.3 Å². The molecule has 0 atom stereocenters. The number of hydrogen-bond donors (Lipinski definition) is 0. The first kappa shape index (κ1) is 13.2. The van der Waals surface area contributed by atoms with E-state index in [-0.39, 0.29) is 0 Å². The third-order valence-corrected chi connectivity index (χ3v) is 3.11.